The lowest BCUT2D eigenvalue weighted by atomic mass is 10.1. The van der Waals surface area contributed by atoms with Gasteiger partial charge in [0.15, 0.2) is 0 Å². The monoisotopic (exact) mass is 334 g/mol. The van der Waals surface area contributed by atoms with E-state index in [4.69, 9.17) is 14.3 Å². The van der Waals surface area contributed by atoms with Crippen LogP contribution < -0.4 is 5.32 Å². The zero-order valence-electron chi connectivity index (χ0n) is 12.4. The molecule has 0 radical (unpaired) electrons. The number of carbonyl (C=O) groups is 2. The van der Waals surface area contributed by atoms with Gasteiger partial charge in [0.25, 0.3) is 0 Å². The van der Waals surface area contributed by atoms with Gasteiger partial charge in [-0.25, -0.2) is 4.79 Å². The maximum absolute atomic E-state index is 11.8. The van der Waals surface area contributed by atoms with Crippen molar-refractivity contribution in [1.29, 1.82) is 0 Å². The summed E-state index contributed by atoms with van der Waals surface area (Å²) < 4.78 is 9.94. The molecule has 1 atom stereocenters. The van der Waals surface area contributed by atoms with E-state index in [2.05, 4.69) is 5.32 Å². The summed E-state index contributed by atoms with van der Waals surface area (Å²) in [7, 11) is 0. The van der Waals surface area contributed by atoms with Crippen LogP contribution in [-0.4, -0.2) is 22.1 Å². The molecule has 0 aliphatic heterocycles. The maximum Gasteiger partial charge on any atom is 0.433 e. The number of nitro groups is 1. The lowest BCUT2D eigenvalue weighted by Crippen LogP contribution is -2.30. The standard InChI is InChI=1S/C15H14N2O7/c18-14(19)8-11(12-6-7-13(24-12)17(21)22)16-15(20)23-9-10-4-2-1-3-5-10/h1-7,11H,8-9H2,(H,16,20)(H,18,19)/t11-/m1/s1. The molecule has 1 amide bonds. The van der Waals surface area contributed by atoms with E-state index < -0.39 is 35.3 Å². The second kappa shape index (κ2) is 7.77. The Morgan fingerprint density at radius 1 is 1.25 bits per heavy atom. The number of carboxylic acids is 1. The van der Waals surface area contributed by atoms with Crippen LogP contribution in [-0.2, 0) is 16.1 Å². The first-order valence-electron chi connectivity index (χ1n) is 6.89. The SMILES string of the molecule is O=C(O)C[C@@H](NC(=O)OCc1ccccc1)c1ccc([N+](=O)[O-])o1. The Hall–Kier alpha value is -3.36. The largest absolute Gasteiger partial charge is 0.481 e. The van der Waals surface area contributed by atoms with E-state index in [-0.39, 0.29) is 12.4 Å². The summed E-state index contributed by atoms with van der Waals surface area (Å²) >= 11 is 0. The first kappa shape index (κ1) is 17.0. The number of hydrogen-bond acceptors (Lipinski definition) is 6. The molecule has 0 spiro atoms. The number of ether oxygens (including phenoxy) is 1. The number of amides is 1. The lowest BCUT2D eigenvalue weighted by Gasteiger charge is -2.14. The number of carbonyl (C=O) groups excluding carboxylic acids is 1. The molecule has 2 rings (SSSR count). The molecule has 126 valence electrons. The van der Waals surface area contributed by atoms with E-state index in [9.17, 15) is 19.7 Å². The van der Waals surface area contributed by atoms with Gasteiger partial charge in [0.2, 0.25) is 0 Å². The molecule has 1 aromatic carbocycles. The van der Waals surface area contributed by atoms with Crippen LogP contribution in [0.3, 0.4) is 0 Å². The average molecular weight is 334 g/mol. The molecule has 1 aromatic heterocycles. The normalized spacial score (nSPS) is 11.5. The quantitative estimate of drug-likeness (QED) is 0.587. The second-order valence-electron chi connectivity index (χ2n) is 4.79. The molecule has 9 nitrogen and oxygen atoms in total. The van der Waals surface area contributed by atoms with E-state index in [1.807, 2.05) is 6.07 Å². The summed E-state index contributed by atoms with van der Waals surface area (Å²) in [5.41, 5.74) is 0.760. The van der Waals surface area contributed by atoms with Gasteiger partial charge in [0, 0.05) is 0 Å². The number of nitrogens with one attached hydrogen (secondary N) is 1. The maximum atomic E-state index is 11.8. The molecule has 0 saturated heterocycles. The Kier molecular flexibility index (Phi) is 5.50. The zero-order valence-corrected chi connectivity index (χ0v) is 12.4. The minimum Gasteiger partial charge on any atom is -0.481 e. The number of alkyl carbamates (subject to hydrolysis) is 1. The molecular weight excluding hydrogens is 320 g/mol. The Balaban J connectivity index is 2.00. The fourth-order valence-corrected chi connectivity index (χ4v) is 1.93. The molecule has 0 saturated carbocycles. The minimum atomic E-state index is -1.21. The van der Waals surface area contributed by atoms with Crippen molar-refractivity contribution in [2.24, 2.45) is 0 Å². The van der Waals surface area contributed by atoms with Crippen LogP contribution in [0.15, 0.2) is 46.9 Å². The van der Waals surface area contributed by atoms with E-state index in [0.29, 0.717) is 0 Å². The highest BCUT2D eigenvalue weighted by molar-refractivity contribution is 5.71. The summed E-state index contributed by atoms with van der Waals surface area (Å²) in [6.45, 7) is 0.00473. The highest BCUT2D eigenvalue weighted by atomic mass is 16.6. The summed E-state index contributed by atoms with van der Waals surface area (Å²) in [5.74, 6) is -1.79. The molecule has 2 aromatic rings. The third kappa shape index (κ3) is 4.83. The number of hydrogen-bond donors (Lipinski definition) is 2. The smallest absolute Gasteiger partial charge is 0.433 e. The van der Waals surface area contributed by atoms with Gasteiger partial charge < -0.3 is 19.6 Å². The second-order valence-corrected chi connectivity index (χ2v) is 4.79. The molecule has 1 heterocycles. The summed E-state index contributed by atoms with van der Waals surface area (Å²) in [6, 6.07) is 10.1. The van der Waals surface area contributed by atoms with Crippen LogP contribution in [0, 0.1) is 10.1 Å². The molecule has 0 bridgehead atoms. The van der Waals surface area contributed by atoms with Gasteiger partial charge in [0.05, 0.1) is 12.5 Å². The van der Waals surface area contributed by atoms with Gasteiger partial charge in [0.1, 0.15) is 23.3 Å². The Morgan fingerprint density at radius 3 is 2.54 bits per heavy atom. The van der Waals surface area contributed by atoms with Crippen molar-refractivity contribution in [3.8, 4) is 0 Å². The van der Waals surface area contributed by atoms with Gasteiger partial charge in [-0.15, -0.1) is 0 Å². The molecule has 9 heteroatoms. The molecule has 24 heavy (non-hydrogen) atoms. The number of carboxylic acid groups (broad SMARTS) is 1. The van der Waals surface area contributed by atoms with Crippen molar-refractivity contribution in [3.63, 3.8) is 0 Å². The van der Waals surface area contributed by atoms with Crippen LogP contribution >= 0.6 is 0 Å². The molecule has 0 unspecified atom stereocenters. The average Bonchev–Trinajstić information content (AvgIpc) is 3.03. The van der Waals surface area contributed by atoms with E-state index in [0.717, 1.165) is 11.6 Å². The van der Waals surface area contributed by atoms with Gasteiger partial charge in [-0.3, -0.25) is 14.9 Å². The zero-order chi connectivity index (χ0) is 17.5. The number of rotatable bonds is 7. The minimum absolute atomic E-state index is 0.00473. The summed E-state index contributed by atoms with van der Waals surface area (Å²) in [4.78, 5) is 32.6. The van der Waals surface area contributed by atoms with Crippen molar-refractivity contribution in [1.82, 2.24) is 5.32 Å². The molecule has 0 fully saturated rings. The summed E-state index contributed by atoms with van der Waals surface area (Å²) in [5, 5.41) is 21.9. The highest BCUT2D eigenvalue weighted by Crippen LogP contribution is 2.24. The third-order valence-electron chi connectivity index (χ3n) is 3.02. The van der Waals surface area contributed by atoms with Crippen molar-refractivity contribution < 1.29 is 28.8 Å². The first-order chi connectivity index (χ1) is 11.5. The fraction of sp³-hybridized carbons (Fsp3) is 0.200. The Bertz CT molecular complexity index is 726. The number of nitrogens with zero attached hydrogens (tertiary/aromatic N) is 1. The Labute approximate surface area is 136 Å². The predicted octanol–water partition coefficient (Wildman–Crippen LogP) is 2.63. The van der Waals surface area contributed by atoms with E-state index >= 15 is 0 Å². The highest BCUT2D eigenvalue weighted by Gasteiger charge is 2.24. The molecule has 2 N–H and O–H groups in total. The van der Waals surface area contributed by atoms with Gasteiger partial charge in [-0.2, -0.15) is 0 Å². The number of benzene rings is 1. The first-order valence-corrected chi connectivity index (χ1v) is 6.89. The van der Waals surface area contributed by atoms with Crippen LogP contribution in [0.2, 0.25) is 0 Å². The van der Waals surface area contributed by atoms with Crippen LogP contribution in [0.4, 0.5) is 10.7 Å². The van der Waals surface area contributed by atoms with Crippen molar-refractivity contribution in [2.45, 2.75) is 19.1 Å². The van der Waals surface area contributed by atoms with E-state index in [1.54, 1.807) is 24.3 Å². The van der Waals surface area contributed by atoms with Crippen LogP contribution in [0.5, 0.6) is 0 Å². The van der Waals surface area contributed by atoms with Gasteiger partial charge >= 0.3 is 17.9 Å². The lowest BCUT2D eigenvalue weighted by molar-refractivity contribution is -0.402. The Morgan fingerprint density at radius 2 is 1.96 bits per heavy atom. The predicted molar refractivity (Wildman–Crippen MR) is 80.1 cm³/mol. The van der Waals surface area contributed by atoms with Crippen molar-refractivity contribution in [3.05, 3.63) is 63.9 Å². The topological polar surface area (TPSA) is 132 Å². The van der Waals surface area contributed by atoms with Gasteiger partial charge in [-0.05, 0) is 11.6 Å². The van der Waals surface area contributed by atoms with Crippen molar-refractivity contribution in [2.75, 3.05) is 0 Å². The molecule has 0 aliphatic rings. The molecule has 0 aliphatic carbocycles. The summed E-state index contributed by atoms with van der Waals surface area (Å²) in [6.07, 6.45) is -1.37. The number of aliphatic carboxylic acids is 1. The van der Waals surface area contributed by atoms with Gasteiger partial charge in [-0.1, -0.05) is 30.3 Å². The van der Waals surface area contributed by atoms with Crippen molar-refractivity contribution >= 4 is 17.9 Å². The molecular formula is C15H14N2O7. The fourth-order valence-electron chi connectivity index (χ4n) is 1.93. The number of furan rings is 1. The van der Waals surface area contributed by atoms with E-state index in [1.165, 1.54) is 6.07 Å². The van der Waals surface area contributed by atoms with Crippen LogP contribution in [0.1, 0.15) is 23.8 Å². The van der Waals surface area contributed by atoms with Crippen LogP contribution in [0.25, 0.3) is 0 Å². The third-order valence-corrected chi connectivity index (χ3v) is 3.02.